The summed E-state index contributed by atoms with van der Waals surface area (Å²) < 4.78 is 31.2. The summed E-state index contributed by atoms with van der Waals surface area (Å²) in [4.78, 5) is 0. The maximum atomic E-state index is 13.0. The number of nitriles is 1. The Hall–Kier alpha value is -2.41. The van der Waals surface area contributed by atoms with Gasteiger partial charge in [-0.15, -0.1) is 0 Å². The number of rotatable bonds is 5. The van der Waals surface area contributed by atoms with Gasteiger partial charge < -0.3 is 4.74 Å². The molecule has 0 saturated heterocycles. The van der Waals surface area contributed by atoms with E-state index in [0.29, 0.717) is 18.8 Å². The van der Waals surface area contributed by atoms with Crippen molar-refractivity contribution in [3.8, 4) is 11.8 Å². The highest BCUT2D eigenvalue weighted by Crippen LogP contribution is 2.20. The fourth-order valence-corrected chi connectivity index (χ4v) is 1.85. The Labute approximate surface area is 116 Å². The molecule has 0 bridgehead atoms. The number of ether oxygens (including phenoxy) is 1. The lowest BCUT2D eigenvalue weighted by Gasteiger charge is -2.11. The molecule has 0 aliphatic heterocycles. The molecule has 2 rings (SSSR count). The average molecular weight is 273 g/mol. The third-order valence-corrected chi connectivity index (χ3v) is 2.90. The Morgan fingerprint density at radius 3 is 2.45 bits per heavy atom. The Kier molecular flexibility index (Phi) is 4.67. The van der Waals surface area contributed by atoms with Crippen LogP contribution in [0.2, 0.25) is 0 Å². The maximum Gasteiger partial charge on any atom is 0.126 e. The number of nitrogens with zero attached hydrogens (tertiary/aromatic N) is 1. The first kappa shape index (κ1) is 14.0. The van der Waals surface area contributed by atoms with Crippen molar-refractivity contribution in [1.82, 2.24) is 0 Å². The molecule has 0 saturated carbocycles. The van der Waals surface area contributed by atoms with Crippen molar-refractivity contribution in [3.63, 3.8) is 0 Å². The summed E-state index contributed by atoms with van der Waals surface area (Å²) in [5, 5.41) is 9.13. The van der Waals surface area contributed by atoms with Crippen LogP contribution in [0.25, 0.3) is 0 Å². The first-order chi connectivity index (χ1) is 9.69. The van der Waals surface area contributed by atoms with Gasteiger partial charge in [-0.3, -0.25) is 0 Å². The molecule has 1 atom stereocenters. The van der Waals surface area contributed by atoms with E-state index < -0.39 is 0 Å². The number of benzene rings is 2. The van der Waals surface area contributed by atoms with Crippen LogP contribution in [0.3, 0.4) is 0 Å². The fraction of sp³-hybridized carbons (Fsp3) is 0.188. The zero-order valence-corrected chi connectivity index (χ0v) is 10.7. The van der Waals surface area contributed by atoms with E-state index in [1.54, 1.807) is 24.3 Å². The zero-order valence-electron chi connectivity index (χ0n) is 10.7. The van der Waals surface area contributed by atoms with E-state index in [0.717, 1.165) is 5.56 Å². The molecule has 2 aromatic carbocycles. The van der Waals surface area contributed by atoms with E-state index in [4.69, 9.17) is 10.00 Å². The molecule has 0 aliphatic carbocycles. The molecular weight excluding hydrogens is 260 g/mol. The van der Waals surface area contributed by atoms with Crippen LogP contribution >= 0.6 is 0 Å². The van der Waals surface area contributed by atoms with Crippen molar-refractivity contribution >= 4 is 0 Å². The van der Waals surface area contributed by atoms with Gasteiger partial charge in [0.2, 0.25) is 0 Å². The highest BCUT2D eigenvalue weighted by Gasteiger charge is 2.11. The molecule has 2 nitrogen and oxygen atoms in total. The van der Waals surface area contributed by atoms with Gasteiger partial charge in [-0.05, 0) is 29.8 Å². The summed E-state index contributed by atoms with van der Waals surface area (Å²) >= 11 is 0. The Bertz CT molecular complexity index is 605. The van der Waals surface area contributed by atoms with Gasteiger partial charge in [0.15, 0.2) is 0 Å². The summed E-state index contributed by atoms with van der Waals surface area (Å²) in [7, 11) is 0. The maximum absolute atomic E-state index is 13.0. The minimum absolute atomic E-state index is 0.291. The van der Waals surface area contributed by atoms with Gasteiger partial charge in [-0.2, -0.15) is 5.26 Å². The molecule has 0 spiro atoms. The van der Waals surface area contributed by atoms with Crippen LogP contribution in [0.1, 0.15) is 17.9 Å². The molecule has 1 unspecified atom stereocenters. The fourth-order valence-electron chi connectivity index (χ4n) is 1.85. The van der Waals surface area contributed by atoms with E-state index in [2.05, 4.69) is 6.07 Å². The Morgan fingerprint density at radius 1 is 1.05 bits per heavy atom. The molecule has 4 heteroatoms. The smallest absolute Gasteiger partial charge is 0.126 e. The van der Waals surface area contributed by atoms with Gasteiger partial charge >= 0.3 is 0 Å². The first-order valence-electron chi connectivity index (χ1n) is 6.22. The predicted octanol–water partition coefficient (Wildman–Crippen LogP) is 4.04. The van der Waals surface area contributed by atoms with Crippen molar-refractivity contribution < 1.29 is 13.5 Å². The SMILES string of the molecule is N#CC(CCOc1cccc(F)c1)c1ccc(F)cc1. The van der Waals surface area contributed by atoms with Crippen molar-refractivity contribution in [3.05, 3.63) is 65.7 Å². The summed E-state index contributed by atoms with van der Waals surface area (Å²) in [6.45, 7) is 0.291. The van der Waals surface area contributed by atoms with Crippen LogP contribution in [-0.4, -0.2) is 6.61 Å². The van der Waals surface area contributed by atoms with E-state index in [1.807, 2.05) is 0 Å². The third kappa shape index (κ3) is 3.79. The zero-order chi connectivity index (χ0) is 14.4. The molecule has 0 N–H and O–H groups in total. The van der Waals surface area contributed by atoms with E-state index in [1.165, 1.54) is 24.3 Å². The van der Waals surface area contributed by atoms with Crippen LogP contribution in [-0.2, 0) is 0 Å². The number of hydrogen-bond acceptors (Lipinski definition) is 2. The quantitative estimate of drug-likeness (QED) is 0.823. The molecule has 0 fully saturated rings. The largest absolute Gasteiger partial charge is 0.493 e. The molecule has 2 aromatic rings. The molecule has 20 heavy (non-hydrogen) atoms. The average Bonchev–Trinajstić information content (AvgIpc) is 2.45. The number of hydrogen-bond donors (Lipinski definition) is 0. The summed E-state index contributed by atoms with van der Waals surface area (Å²) in [6, 6.07) is 13.8. The van der Waals surface area contributed by atoms with Gasteiger partial charge in [-0.1, -0.05) is 18.2 Å². The van der Waals surface area contributed by atoms with Gasteiger partial charge in [-0.25, -0.2) is 8.78 Å². The van der Waals surface area contributed by atoms with Crippen LogP contribution < -0.4 is 4.74 Å². The van der Waals surface area contributed by atoms with Crippen molar-refractivity contribution in [1.29, 1.82) is 5.26 Å². The van der Waals surface area contributed by atoms with Crippen LogP contribution in [0.4, 0.5) is 8.78 Å². The molecule has 0 amide bonds. The number of halogens is 2. The standard InChI is InChI=1S/C16H13F2NO/c17-14-6-4-12(5-7-14)13(11-19)8-9-20-16-3-1-2-15(18)10-16/h1-7,10,13H,8-9H2. The predicted molar refractivity (Wildman–Crippen MR) is 71.3 cm³/mol. The molecular formula is C16H13F2NO. The summed E-state index contributed by atoms with van der Waals surface area (Å²) in [5.74, 6) is -0.635. The second kappa shape index (κ2) is 6.67. The highest BCUT2D eigenvalue weighted by atomic mass is 19.1. The topological polar surface area (TPSA) is 33.0 Å². The van der Waals surface area contributed by atoms with E-state index in [9.17, 15) is 8.78 Å². The molecule has 0 radical (unpaired) electrons. The third-order valence-electron chi connectivity index (χ3n) is 2.90. The molecule has 0 aromatic heterocycles. The van der Waals surface area contributed by atoms with Crippen LogP contribution in [0, 0.1) is 23.0 Å². The van der Waals surface area contributed by atoms with Crippen LogP contribution in [0.5, 0.6) is 5.75 Å². The van der Waals surface area contributed by atoms with Crippen molar-refractivity contribution in [2.24, 2.45) is 0 Å². The van der Waals surface area contributed by atoms with Gasteiger partial charge in [0.05, 0.1) is 18.6 Å². The lowest BCUT2D eigenvalue weighted by atomic mass is 9.98. The van der Waals surface area contributed by atoms with Gasteiger partial charge in [0.1, 0.15) is 17.4 Å². The summed E-state index contributed by atoms with van der Waals surface area (Å²) in [6.07, 6.45) is 0.457. The van der Waals surface area contributed by atoms with E-state index >= 15 is 0 Å². The second-order valence-corrected chi connectivity index (χ2v) is 4.33. The Morgan fingerprint density at radius 2 is 1.80 bits per heavy atom. The van der Waals surface area contributed by atoms with Crippen molar-refractivity contribution in [2.75, 3.05) is 6.61 Å². The Balaban J connectivity index is 1.92. The highest BCUT2D eigenvalue weighted by molar-refractivity contribution is 5.26. The normalized spacial score (nSPS) is 11.7. The minimum Gasteiger partial charge on any atom is -0.493 e. The first-order valence-corrected chi connectivity index (χ1v) is 6.22. The monoisotopic (exact) mass is 273 g/mol. The second-order valence-electron chi connectivity index (χ2n) is 4.33. The lowest BCUT2D eigenvalue weighted by molar-refractivity contribution is 0.304. The molecule has 102 valence electrons. The summed E-state index contributed by atoms with van der Waals surface area (Å²) in [5.41, 5.74) is 0.747. The van der Waals surface area contributed by atoms with Crippen LogP contribution in [0.15, 0.2) is 48.5 Å². The lowest BCUT2D eigenvalue weighted by Crippen LogP contribution is -2.04. The minimum atomic E-state index is -0.371. The molecule has 0 aliphatic rings. The van der Waals surface area contributed by atoms with Gasteiger partial charge in [0, 0.05) is 12.5 Å². The van der Waals surface area contributed by atoms with Gasteiger partial charge in [0.25, 0.3) is 0 Å². The van der Waals surface area contributed by atoms with E-state index in [-0.39, 0.29) is 17.6 Å². The molecule has 0 heterocycles. The van der Waals surface area contributed by atoms with Crippen molar-refractivity contribution in [2.45, 2.75) is 12.3 Å².